The molecule has 0 spiro atoms. The molecule has 1 atom stereocenters. The molecule has 0 saturated heterocycles. The molecular formula is C16H23N5. The van der Waals surface area contributed by atoms with Gasteiger partial charge in [-0.15, -0.1) is 0 Å². The normalized spacial score (nSPS) is 12.8. The first-order chi connectivity index (χ1) is 9.90. The predicted octanol–water partition coefficient (Wildman–Crippen LogP) is 3.28. The average Bonchev–Trinajstić information content (AvgIpc) is 2.46. The predicted molar refractivity (Wildman–Crippen MR) is 87.8 cm³/mol. The number of hydrogen-bond donors (Lipinski definition) is 3. The summed E-state index contributed by atoms with van der Waals surface area (Å²) in [5.74, 6) is 7.52. The lowest BCUT2D eigenvalue weighted by molar-refractivity contribution is 0.359. The Balaban J connectivity index is 2.35. The fraction of sp³-hybridized carbons (Fsp3) is 0.375. The van der Waals surface area contributed by atoms with Crippen LogP contribution in [0.2, 0.25) is 0 Å². The van der Waals surface area contributed by atoms with Crippen molar-refractivity contribution in [3.8, 4) is 11.4 Å². The number of nitrogens with one attached hydrogen (secondary N) is 2. The maximum Gasteiger partial charge on any atom is 0.163 e. The van der Waals surface area contributed by atoms with Crippen LogP contribution in [-0.2, 0) is 0 Å². The van der Waals surface area contributed by atoms with E-state index in [9.17, 15) is 0 Å². The second-order valence-electron chi connectivity index (χ2n) is 6.20. The van der Waals surface area contributed by atoms with E-state index in [1.807, 2.05) is 36.4 Å². The summed E-state index contributed by atoms with van der Waals surface area (Å²) in [5.41, 5.74) is 3.69. The maximum absolute atomic E-state index is 5.51. The number of hydrazine groups is 1. The lowest BCUT2D eigenvalue weighted by atomic mass is 9.88. The summed E-state index contributed by atoms with van der Waals surface area (Å²) in [6.07, 6.45) is 0. The summed E-state index contributed by atoms with van der Waals surface area (Å²) in [7, 11) is 0. The van der Waals surface area contributed by atoms with E-state index in [1.54, 1.807) is 0 Å². The van der Waals surface area contributed by atoms with Gasteiger partial charge in [0.2, 0.25) is 0 Å². The largest absolute Gasteiger partial charge is 0.367 e. The van der Waals surface area contributed by atoms with Gasteiger partial charge in [0.05, 0.1) is 0 Å². The highest BCUT2D eigenvalue weighted by Gasteiger charge is 2.20. The molecule has 0 saturated carbocycles. The molecule has 0 aliphatic heterocycles. The third-order valence-electron chi connectivity index (χ3n) is 3.57. The van der Waals surface area contributed by atoms with Crippen LogP contribution in [0, 0.1) is 5.41 Å². The molecule has 1 aromatic heterocycles. The SMILES string of the molecule is CC(Nc1cc(NN)nc(-c2ccccc2)n1)C(C)(C)C. The van der Waals surface area contributed by atoms with E-state index in [2.05, 4.69) is 48.4 Å². The molecule has 5 nitrogen and oxygen atoms in total. The molecule has 4 N–H and O–H groups in total. The Kier molecular flexibility index (Phi) is 4.43. The number of hydrogen-bond acceptors (Lipinski definition) is 5. The second kappa shape index (κ2) is 6.10. The minimum Gasteiger partial charge on any atom is -0.367 e. The zero-order chi connectivity index (χ0) is 15.5. The van der Waals surface area contributed by atoms with Crippen LogP contribution in [0.3, 0.4) is 0 Å². The first kappa shape index (κ1) is 15.3. The van der Waals surface area contributed by atoms with Gasteiger partial charge in [0.25, 0.3) is 0 Å². The molecule has 112 valence electrons. The zero-order valence-corrected chi connectivity index (χ0v) is 13.0. The number of benzene rings is 1. The summed E-state index contributed by atoms with van der Waals surface area (Å²) < 4.78 is 0. The lowest BCUT2D eigenvalue weighted by Gasteiger charge is -2.28. The molecule has 1 heterocycles. The molecule has 2 aromatic rings. The van der Waals surface area contributed by atoms with Crippen molar-refractivity contribution in [3.63, 3.8) is 0 Å². The van der Waals surface area contributed by atoms with E-state index in [0.29, 0.717) is 11.6 Å². The van der Waals surface area contributed by atoms with Crippen LogP contribution in [0.25, 0.3) is 11.4 Å². The quantitative estimate of drug-likeness (QED) is 0.593. The van der Waals surface area contributed by atoms with Crippen molar-refractivity contribution < 1.29 is 0 Å². The third kappa shape index (κ3) is 3.92. The van der Waals surface area contributed by atoms with Gasteiger partial charge in [0, 0.05) is 17.7 Å². The maximum atomic E-state index is 5.51. The molecule has 1 unspecified atom stereocenters. The number of aromatic nitrogens is 2. The average molecular weight is 285 g/mol. The molecule has 5 heteroatoms. The van der Waals surface area contributed by atoms with Crippen LogP contribution in [0.15, 0.2) is 36.4 Å². The van der Waals surface area contributed by atoms with E-state index < -0.39 is 0 Å². The topological polar surface area (TPSA) is 75.9 Å². The number of anilines is 2. The van der Waals surface area contributed by atoms with Crippen molar-refractivity contribution in [2.24, 2.45) is 11.3 Å². The fourth-order valence-electron chi connectivity index (χ4n) is 1.75. The Bertz CT molecular complexity index is 589. The van der Waals surface area contributed by atoms with Crippen molar-refractivity contribution in [1.29, 1.82) is 0 Å². The minimum absolute atomic E-state index is 0.133. The Morgan fingerprint density at radius 3 is 2.24 bits per heavy atom. The Morgan fingerprint density at radius 1 is 1.05 bits per heavy atom. The van der Waals surface area contributed by atoms with Crippen LogP contribution in [0.5, 0.6) is 0 Å². The molecule has 0 aliphatic rings. The van der Waals surface area contributed by atoms with Crippen molar-refractivity contribution in [3.05, 3.63) is 36.4 Å². The van der Waals surface area contributed by atoms with Gasteiger partial charge in [-0.3, -0.25) is 0 Å². The van der Waals surface area contributed by atoms with Gasteiger partial charge >= 0.3 is 0 Å². The smallest absolute Gasteiger partial charge is 0.163 e. The zero-order valence-electron chi connectivity index (χ0n) is 13.0. The number of nitrogens with two attached hydrogens (primary N) is 1. The highest BCUT2D eigenvalue weighted by Crippen LogP contribution is 2.24. The van der Waals surface area contributed by atoms with Gasteiger partial charge in [-0.1, -0.05) is 51.1 Å². The molecule has 1 aromatic carbocycles. The van der Waals surface area contributed by atoms with Crippen LogP contribution in [-0.4, -0.2) is 16.0 Å². The number of nitrogens with zero attached hydrogens (tertiary/aromatic N) is 2. The minimum atomic E-state index is 0.133. The van der Waals surface area contributed by atoms with E-state index in [-0.39, 0.29) is 11.5 Å². The van der Waals surface area contributed by atoms with Gasteiger partial charge in [-0.05, 0) is 12.3 Å². The molecule has 0 aliphatic carbocycles. The molecule has 2 rings (SSSR count). The first-order valence-electron chi connectivity index (χ1n) is 7.08. The van der Waals surface area contributed by atoms with Gasteiger partial charge < -0.3 is 10.7 Å². The summed E-state index contributed by atoms with van der Waals surface area (Å²) in [6, 6.07) is 11.9. The fourth-order valence-corrected chi connectivity index (χ4v) is 1.75. The Hall–Kier alpha value is -2.14. The molecule has 21 heavy (non-hydrogen) atoms. The standard InChI is InChI=1S/C16H23N5/c1-11(16(2,3)4)18-13-10-14(21-17)20-15(19-13)12-8-6-5-7-9-12/h5-11H,17H2,1-4H3,(H2,18,19,20,21). The monoisotopic (exact) mass is 285 g/mol. The van der Waals surface area contributed by atoms with Crippen molar-refractivity contribution in [2.75, 3.05) is 10.7 Å². The van der Waals surface area contributed by atoms with Crippen LogP contribution < -0.4 is 16.6 Å². The highest BCUT2D eigenvalue weighted by atomic mass is 15.3. The van der Waals surface area contributed by atoms with Crippen molar-refractivity contribution in [1.82, 2.24) is 9.97 Å². The number of rotatable bonds is 4. The Morgan fingerprint density at radius 2 is 1.67 bits per heavy atom. The molecule has 0 radical (unpaired) electrons. The van der Waals surface area contributed by atoms with Crippen molar-refractivity contribution in [2.45, 2.75) is 33.7 Å². The molecule has 0 bridgehead atoms. The summed E-state index contributed by atoms with van der Waals surface area (Å²) >= 11 is 0. The van der Waals surface area contributed by atoms with E-state index in [4.69, 9.17) is 5.84 Å². The Labute approximate surface area is 126 Å². The van der Waals surface area contributed by atoms with Gasteiger partial charge in [-0.2, -0.15) is 0 Å². The van der Waals surface area contributed by atoms with E-state index >= 15 is 0 Å². The first-order valence-corrected chi connectivity index (χ1v) is 7.08. The summed E-state index contributed by atoms with van der Waals surface area (Å²) in [5, 5.41) is 3.42. The van der Waals surface area contributed by atoms with Gasteiger partial charge in [-0.25, -0.2) is 15.8 Å². The number of nitrogen functional groups attached to an aromatic ring is 1. The molecule has 0 amide bonds. The second-order valence-corrected chi connectivity index (χ2v) is 6.20. The summed E-state index contributed by atoms with van der Waals surface area (Å²) in [4.78, 5) is 8.99. The molecular weight excluding hydrogens is 262 g/mol. The van der Waals surface area contributed by atoms with Crippen molar-refractivity contribution >= 4 is 11.6 Å². The van der Waals surface area contributed by atoms with Crippen LogP contribution in [0.1, 0.15) is 27.7 Å². The van der Waals surface area contributed by atoms with Gasteiger partial charge in [0.1, 0.15) is 11.6 Å². The van der Waals surface area contributed by atoms with E-state index in [1.165, 1.54) is 0 Å². The van der Waals surface area contributed by atoms with Gasteiger partial charge in [0.15, 0.2) is 5.82 Å². The summed E-state index contributed by atoms with van der Waals surface area (Å²) in [6.45, 7) is 8.70. The highest BCUT2D eigenvalue weighted by molar-refractivity contribution is 5.61. The van der Waals surface area contributed by atoms with E-state index in [0.717, 1.165) is 11.4 Å². The lowest BCUT2D eigenvalue weighted by Crippen LogP contribution is -2.31. The van der Waals surface area contributed by atoms with Crippen LogP contribution in [0.4, 0.5) is 11.6 Å². The molecule has 0 fully saturated rings. The third-order valence-corrected chi connectivity index (χ3v) is 3.57. The van der Waals surface area contributed by atoms with Crippen LogP contribution >= 0.6 is 0 Å².